The number of allylic oxidation sites excluding steroid dienone is 6. The van der Waals surface area contributed by atoms with Crippen molar-refractivity contribution in [3.63, 3.8) is 0 Å². The summed E-state index contributed by atoms with van der Waals surface area (Å²) in [5, 5.41) is 0. The summed E-state index contributed by atoms with van der Waals surface area (Å²) in [6.07, 6.45) is 45.9. The van der Waals surface area contributed by atoms with E-state index in [1.165, 1.54) is 103 Å². The zero-order valence-electron chi connectivity index (χ0n) is 38.2. The number of carbonyl (C=O) groups excluding carboxylic acids is 2. The number of quaternary nitrogens is 1. The van der Waals surface area contributed by atoms with Crippen LogP contribution < -0.4 is 4.89 Å². The number of carbonyl (C=O) groups is 2. The van der Waals surface area contributed by atoms with Gasteiger partial charge in [-0.1, -0.05) is 159 Å². The van der Waals surface area contributed by atoms with Crippen molar-refractivity contribution >= 4 is 19.8 Å². The fraction of sp³-hybridized carbons (Fsp3) is 0.833. The van der Waals surface area contributed by atoms with Gasteiger partial charge in [0.15, 0.2) is 6.10 Å². The highest BCUT2D eigenvalue weighted by Crippen LogP contribution is 2.38. The largest absolute Gasteiger partial charge is 0.756 e. The molecule has 0 aliphatic heterocycles. The van der Waals surface area contributed by atoms with Crippen molar-refractivity contribution < 1.29 is 42.1 Å². The van der Waals surface area contributed by atoms with Gasteiger partial charge in [0, 0.05) is 12.8 Å². The van der Waals surface area contributed by atoms with Gasteiger partial charge in [0.1, 0.15) is 19.8 Å². The smallest absolute Gasteiger partial charge is 0.306 e. The topological polar surface area (TPSA) is 111 Å². The van der Waals surface area contributed by atoms with Crippen LogP contribution in [0.4, 0.5) is 0 Å². The second kappa shape index (κ2) is 40.6. The zero-order valence-corrected chi connectivity index (χ0v) is 39.1. The number of phosphoric acid groups is 1. The van der Waals surface area contributed by atoms with Crippen molar-refractivity contribution in [1.29, 1.82) is 0 Å². The molecule has 0 aliphatic carbocycles. The van der Waals surface area contributed by atoms with Crippen LogP contribution in [0.3, 0.4) is 0 Å². The average molecular weight is 840 g/mol. The standard InChI is InChI=1S/C48H90NO8P/c1-6-8-10-12-14-16-18-20-22-24-25-27-29-31-33-35-37-39-41-48(51)57-46(45-56-58(52,53)55-43-42-49(3,4)5)44-54-47(50)40-38-36-34-32-30-28-26-23-21-19-17-15-13-11-9-7-2/h16,18,22-24,26,46H,6-15,17,19-21,25,27-45H2,1-5H3/b18-16-,24-22-,26-23-. The van der Waals surface area contributed by atoms with Gasteiger partial charge in [0.05, 0.1) is 27.7 Å². The lowest BCUT2D eigenvalue weighted by Crippen LogP contribution is -2.37. The highest BCUT2D eigenvalue weighted by molar-refractivity contribution is 7.45. The maximum atomic E-state index is 12.7. The Hall–Kier alpha value is -1.77. The molecule has 0 radical (unpaired) electrons. The van der Waals surface area contributed by atoms with Gasteiger partial charge in [-0.25, -0.2) is 0 Å². The lowest BCUT2D eigenvalue weighted by molar-refractivity contribution is -0.870. The molecule has 9 nitrogen and oxygen atoms in total. The third kappa shape index (κ3) is 43.8. The number of rotatable bonds is 43. The molecule has 10 heteroatoms. The van der Waals surface area contributed by atoms with Gasteiger partial charge in [0.25, 0.3) is 7.82 Å². The Balaban J connectivity index is 4.34. The third-order valence-corrected chi connectivity index (χ3v) is 11.1. The van der Waals surface area contributed by atoms with E-state index in [4.69, 9.17) is 18.5 Å². The van der Waals surface area contributed by atoms with Crippen LogP contribution in [0, 0.1) is 0 Å². The first-order chi connectivity index (χ1) is 28.0. The van der Waals surface area contributed by atoms with Gasteiger partial charge in [-0.05, 0) is 70.6 Å². The summed E-state index contributed by atoms with van der Waals surface area (Å²) in [6.45, 7) is 4.20. The van der Waals surface area contributed by atoms with Crippen LogP contribution in [0.2, 0.25) is 0 Å². The molecule has 0 N–H and O–H groups in total. The van der Waals surface area contributed by atoms with Crippen molar-refractivity contribution in [1.82, 2.24) is 0 Å². The Labute approximate surface area is 357 Å². The van der Waals surface area contributed by atoms with E-state index >= 15 is 0 Å². The molecule has 0 amide bonds. The first-order valence-corrected chi connectivity index (χ1v) is 25.2. The molecule has 0 spiro atoms. The fourth-order valence-electron chi connectivity index (χ4n) is 6.39. The molecule has 58 heavy (non-hydrogen) atoms. The maximum absolute atomic E-state index is 12.7. The van der Waals surface area contributed by atoms with Crippen LogP contribution in [0.25, 0.3) is 0 Å². The Kier molecular flexibility index (Phi) is 39.4. The molecule has 340 valence electrons. The van der Waals surface area contributed by atoms with Crippen LogP contribution in [0.1, 0.15) is 206 Å². The Bertz CT molecular complexity index is 1090. The van der Waals surface area contributed by atoms with Crippen molar-refractivity contribution in [2.24, 2.45) is 0 Å². The fourth-order valence-corrected chi connectivity index (χ4v) is 7.11. The maximum Gasteiger partial charge on any atom is 0.306 e. The van der Waals surface area contributed by atoms with E-state index in [0.717, 1.165) is 70.6 Å². The van der Waals surface area contributed by atoms with E-state index in [-0.39, 0.29) is 26.1 Å². The zero-order chi connectivity index (χ0) is 42.8. The third-order valence-electron chi connectivity index (χ3n) is 10.1. The predicted molar refractivity (Wildman–Crippen MR) is 241 cm³/mol. The highest BCUT2D eigenvalue weighted by atomic mass is 31.2. The number of unbranched alkanes of at least 4 members (excludes halogenated alkanes) is 23. The normalized spacial score (nSPS) is 13.8. The van der Waals surface area contributed by atoms with Crippen molar-refractivity contribution in [2.45, 2.75) is 213 Å². The predicted octanol–water partition coefficient (Wildman–Crippen LogP) is 13.1. The Morgan fingerprint density at radius 1 is 0.534 bits per heavy atom. The lowest BCUT2D eigenvalue weighted by Gasteiger charge is -2.28. The van der Waals surface area contributed by atoms with Gasteiger partial charge in [-0.15, -0.1) is 0 Å². The molecular formula is C48H90NO8P. The molecule has 0 bridgehead atoms. The summed E-state index contributed by atoms with van der Waals surface area (Å²) < 4.78 is 34.0. The summed E-state index contributed by atoms with van der Waals surface area (Å²) in [5.74, 6) is -0.849. The van der Waals surface area contributed by atoms with Crippen LogP contribution in [0.15, 0.2) is 36.5 Å². The minimum Gasteiger partial charge on any atom is -0.756 e. The second-order valence-electron chi connectivity index (χ2n) is 17.1. The van der Waals surface area contributed by atoms with Gasteiger partial charge in [0.2, 0.25) is 0 Å². The first-order valence-electron chi connectivity index (χ1n) is 23.7. The van der Waals surface area contributed by atoms with E-state index in [1.807, 2.05) is 21.1 Å². The minimum atomic E-state index is -4.63. The lowest BCUT2D eigenvalue weighted by atomic mass is 10.1. The summed E-state index contributed by atoms with van der Waals surface area (Å²) in [5.41, 5.74) is 0. The van der Waals surface area contributed by atoms with E-state index < -0.39 is 32.5 Å². The number of nitrogens with zero attached hydrogens (tertiary/aromatic N) is 1. The minimum absolute atomic E-state index is 0.0338. The quantitative estimate of drug-likeness (QED) is 0.0196. The summed E-state index contributed by atoms with van der Waals surface area (Å²) in [7, 11) is 1.16. The second-order valence-corrected chi connectivity index (χ2v) is 18.5. The Morgan fingerprint density at radius 3 is 1.40 bits per heavy atom. The van der Waals surface area contributed by atoms with Crippen LogP contribution >= 0.6 is 7.82 Å². The number of likely N-dealkylation sites (N-methyl/N-ethyl adjacent to an activating group) is 1. The highest BCUT2D eigenvalue weighted by Gasteiger charge is 2.21. The molecule has 0 aromatic carbocycles. The number of esters is 2. The molecule has 0 heterocycles. The van der Waals surface area contributed by atoms with Gasteiger partial charge >= 0.3 is 11.9 Å². The molecular weight excluding hydrogens is 750 g/mol. The van der Waals surface area contributed by atoms with E-state index in [1.54, 1.807) is 0 Å². The molecule has 0 aliphatic rings. The number of phosphoric ester groups is 1. The van der Waals surface area contributed by atoms with Crippen molar-refractivity contribution in [3.05, 3.63) is 36.5 Å². The molecule has 0 saturated carbocycles. The van der Waals surface area contributed by atoms with Crippen LogP contribution in [-0.4, -0.2) is 70.0 Å². The van der Waals surface area contributed by atoms with Crippen molar-refractivity contribution in [2.75, 3.05) is 47.5 Å². The van der Waals surface area contributed by atoms with Crippen molar-refractivity contribution in [3.8, 4) is 0 Å². The van der Waals surface area contributed by atoms with E-state index in [2.05, 4.69) is 50.3 Å². The molecule has 0 aromatic heterocycles. The Morgan fingerprint density at radius 2 is 0.931 bits per heavy atom. The molecule has 0 fully saturated rings. The van der Waals surface area contributed by atoms with Gasteiger partial charge in [-0.3, -0.25) is 14.2 Å². The monoisotopic (exact) mass is 840 g/mol. The molecule has 2 unspecified atom stereocenters. The van der Waals surface area contributed by atoms with Gasteiger partial charge < -0.3 is 27.9 Å². The number of hydrogen-bond acceptors (Lipinski definition) is 8. The van der Waals surface area contributed by atoms with Crippen LogP contribution in [-0.2, 0) is 32.7 Å². The summed E-state index contributed by atoms with van der Waals surface area (Å²) >= 11 is 0. The average Bonchev–Trinajstić information content (AvgIpc) is 3.17. The molecule has 0 aromatic rings. The SMILES string of the molecule is CCCCCC/C=C\C/C=C\CCCCCCCCCC(=O)OC(COC(=O)CCCCCCC/C=C\CCCCCCCCC)COP(=O)([O-])OCC[N+](C)(C)C. The number of ether oxygens (including phenoxy) is 2. The van der Waals surface area contributed by atoms with E-state index in [0.29, 0.717) is 17.4 Å². The summed E-state index contributed by atoms with van der Waals surface area (Å²) in [4.78, 5) is 37.6. The number of hydrogen-bond donors (Lipinski definition) is 0. The van der Waals surface area contributed by atoms with Crippen LogP contribution in [0.5, 0.6) is 0 Å². The first kappa shape index (κ1) is 56.2. The van der Waals surface area contributed by atoms with Gasteiger partial charge in [-0.2, -0.15) is 0 Å². The summed E-state index contributed by atoms with van der Waals surface area (Å²) in [6, 6.07) is 0. The molecule has 0 saturated heterocycles. The van der Waals surface area contributed by atoms with E-state index in [9.17, 15) is 19.0 Å². The molecule has 2 atom stereocenters. The molecule has 0 rings (SSSR count).